The largest absolute Gasteiger partial charge is 0.321 e. The van der Waals surface area contributed by atoms with Crippen molar-refractivity contribution in [1.29, 1.82) is 0 Å². The minimum Gasteiger partial charge on any atom is -0.321 e. The van der Waals surface area contributed by atoms with E-state index >= 15 is 0 Å². The van der Waals surface area contributed by atoms with Crippen molar-refractivity contribution in [3.05, 3.63) is 34.6 Å². The highest BCUT2D eigenvalue weighted by Gasteiger charge is 2.00. The molecule has 1 N–H and O–H groups in total. The summed E-state index contributed by atoms with van der Waals surface area (Å²) in [5.74, 6) is 0. The Hall–Kier alpha value is -1.36. The molecule has 0 aromatic carbocycles. The van der Waals surface area contributed by atoms with Gasteiger partial charge in [0.25, 0.3) is 0 Å². The molecule has 2 heterocycles. The molecular formula is C9H12N4S. The van der Waals surface area contributed by atoms with Crippen LogP contribution >= 0.6 is 11.5 Å². The molecule has 0 radical (unpaired) electrons. The van der Waals surface area contributed by atoms with E-state index in [1.165, 1.54) is 22.9 Å². The Morgan fingerprint density at radius 3 is 2.64 bits per heavy atom. The molecule has 0 amide bonds. The van der Waals surface area contributed by atoms with Crippen molar-refractivity contribution in [3.8, 4) is 0 Å². The van der Waals surface area contributed by atoms with Gasteiger partial charge >= 0.3 is 0 Å². The number of rotatable bonds is 3. The number of aryl methyl sites for hydroxylation is 2. The molecule has 0 bridgehead atoms. The normalized spacial score (nSPS) is 10.4. The molecule has 0 fully saturated rings. The van der Waals surface area contributed by atoms with Crippen LogP contribution in [0.15, 0.2) is 18.3 Å². The molecule has 0 saturated carbocycles. The van der Waals surface area contributed by atoms with Gasteiger partial charge in [0.2, 0.25) is 0 Å². The first-order chi connectivity index (χ1) is 6.77. The predicted molar refractivity (Wildman–Crippen MR) is 56.9 cm³/mol. The lowest BCUT2D eigenvalue weighted by Gasteiger charge is -2.10. The third kappa shape index (κ3) is 1.77. The van der Waals surface area contributed by atoms with Crippen LogP contribution in [0.2, 0.25) is 0 Å². The highest BCUT2D eigenvalue weighted by Crippen LogP contribution is 2.06. The minimum atomic E-state index is 0.772. The van der Waals surface area contributed by atoms with Gasteiger partial charge in [0.05, 0.1) is 17.6 Å². The molecule has 14 heavy (non-hydrogen) atoms. The topological polar surface area (TPSA) is 42.7 Å². The average Bonchev–Trinajstić information content (AvgIpc) is 2.76. The maximum atomic E-state index is 3.81. The van der Waals surface area contributed by atoms with Crippen LogP contribution in [0.4, 0.5) is 0 Å². The van der Waals surface area contributed by atoms with Gasteiger partial charge in [-0.2, -0.15) is 0 Å². The molecule has 5 heteroatoms. The SMILES string of the molecule is Cc1ccc(C)n1NCc1cnns1. The molecule has 0 atom stereocenters. The summed E-state index contributed by atoms with van der Waals surface area (Å²) in [5.41, 5.74) is 5.73. The molecule has 74 valence electrons. The third-order valence-corrected chi connectivity index (χ3v) is 2.75. The summed E-state index contributed by atoms with van der Waals surface area (Å²) in [7, 11) is 0. The zero-order valence-corrected chi connectivity index (χ0v) is 9.01. The van der Waals surface area contributed by atoms with E-state index in [1.807, 2.05) is 0 Å². The molecule has 0 spiro atoms. The van der Waals surface area contributed by atoms with Crippen molar-refractivity contribution in [2.24, 2.45) is 0 Å². The molecule has 0 saturated heterocycles. The molecule has 2 aromatic heterocycles. The smallest absolute Gasteiger partial charge is 0.0689 e. The lowest BCUT2D eigenvalue weighted by molar-refractivity contribution is 0.796. The Morgan fingerprint density at radius 1 is 1.36 bits per heavy atom. The van der Waals surface area contributed by atoms with Crippen LogP contribution < -0.4 is 5.43 Å². The second-order valence-corrected chi connectivity index (χ2v) is 4.04. The summed E-state index contributed by atoms with van der Waals surface area (Å²) in [6, 6.07) is 4.18. The first-order valence-corrected chi connectivity index (χ1v) is 5.20. The second kappa shape index (κ2) is 3.79. The van der Waals surface area contributed by atoms with Crippen molar-refractivity contribution in [3.63, 3.8) is 0 Å². The minimum absolute atomic E-state index is 0.772. The van der Waals surface area contributed by atoms with Crippen LogP contribution in [-0.4, -0.2) is 14.3 Å². The van der Waals surface area contributed by atoms with Crippen molar-refractivity contribution in [1.82, 2.24) is 14.3 Å². The van der Waals surface area contributed by atoms with E-state index in [4.69, 9.17) is 0 Å². The molecule has 2 aromatic rings. The van der Waals surface area contributed by atoms with Gasteiger partial charge in [-0.1, -0.05) is 4.49 Å². The highest BCUT2D eigenvalue weighted by atomic mass is 32.1. The van der Waals surface area contributed by atoms with Crippen LogP contribution in [0.3, 0.4) is 0 Å². The summed E-state index contributed by atoms with van der Waals surface area (Å²) < 4.78 is 5.88. The Balaban J connectivity index is 2.05. The van der Waals surface area contributed by atoms with E-state index in [0.29, 0.717) is 0 Å². The van der Waals surface area contributed by atoms with Gasteiger partial charge in [-0.05, 0) is 37.5 Å². The molecule has 0 aliphatic heterocycles. The fraction of sp³-hybridized carbons (Fsp3) is 0.333. The first kappa shape index (κ1) is 9.21. The monoisotopic (exact) mass is 208 g/mol. The van der Waals surface area contributed by atoms with Crippen LogP contribution in [0.5, 0.6) is 0 Å². The van der Waals surface area contributed by atoms with Gasteiger partial charge in [0.1, 0.15) is 0 Å². The Morgan fingerprint density at radius 2 is 2.07 bits per heavy atom. The van der Waals surface area contributed by atoms with Gasteiger partial charge in [-0.3, -0.25) is 4.68 Å². The fourth-order valence-electron chi connectivity index (χ4n) is 1.34. The first-order valence-electron chi connectivity index (χ1n) is 4.42. The van der Waals surface area contributed by atoms with Gasteiger partial charge in [-0.15, -0.1) is 5.10 Å². The lowest BCUT2D eigenvalue weighted by Crippen LogP contribution is -2.16. The molecule has 0 aliphatic carbocycles. The van der Waals surface area contributed by atoms with Crippen molar-refractivity contribution < 1.29 is 0 Å². The average molecular weight is 208 g/mol. The molecule has 2 rings (SSSR count). The number of aromatic nitrogens is 3. The zero-order chi connectivity index (χ0) is 9.97. The van der Waals surface area contributed by atoms with Crippen LogP contribution in [0.25, 0.3) is 0 Å². The van der Waals surface area contributed by atoms with Gasteiger partial charge in [0, 0.05) is 11.4 Å². The van der Waals surface area contributed by atoms with Gasteiger partial charge in [-0.25, -0.2) is 0 Å². The van der Waals surface area contributed by atoms with E-state index in [0.717, 1.165) is 11.4 Å². The van der Waals surface area contributed by atoms with Crippen molar-refractivity contribution in [2.45, 2.75) is 20.4 Å². The zero-order valence-electron chi connectivity index (χ0n) is 8.19. The van der Waals surface area contributed by atoms with Crippen LogP contribution in [0, 0.1) is 13.8 Å². The van der Waals surface area contributed by atoms with Gasteiger partial charge < -0.3 is 5.43 Å². The summed E-state index contributed by atoms with van der Waals surface area (Å²) >= 11 is 1.42. The number of hydrogen-bond acceptors (Lipinski definition) is 4. The van der Waals surface area contributed by atoms with Crippen LogP contribution in [0.1, 0.15) is 16.3 Å². The maximum absolute atomic E-state index is 3.81. The fourth-order valence-corrected chi connectivity index (χ4v) is 1.76. The molecule has 0 unspecified atom stereocenters. The second-order valence-electron chi connectivity index (χ2n) is 3.17. The van der Waals surface area contributed by atoms with E-state index in [-0.39, 0.29) is 0 Å². The maximum Gasteiger partial charge on any atom is 0.0689 e. The lowest BCUT2D eigenvalue weighted by atomic mass is 10.5. The standard InChI is InChI=1S/C9H12N4S/c1-7-3-4-8(2)13(7)11-6-9-5-10-12-14-9/h3-5,11H,6H2,1-2H3. The molecular weight excluding hydrogens is 196 g/mol. The molecule has 4 nitrogen and oxygen atoms in total. The van der Waals surface area contributed by atoms with E-state index in [2.05, 4.69) is 45.7 Å². The van der Waals surface area contributed by atoms with Crippen molar-refractivity contribution in [2.75, 3.05) is 5.43 Å². The van der Waals surface area contributed by atoms with E-state index in [1.54, 1.807) is 6.20 Å². The number of hydrogen-bond donors (Lipinski definition) is 1. The predicted octanol–water partition coefficient (Wildman–Crippen LogP) is 1.70. The summed E-state index contributed by atoms with van der Waals surface area (Å²) in [4.78, 5) is 1.14. The molecule has 0 aliphatic rings. The van der Waals surface area contributed by atoms with Gasteiger partial charge in [0.15, 0.2) is 0 Å². The van der Waals surface area contributed by atoms with Crippen molar-refractivity contribution >= 4 is 11.5 Å². The Labute approximate surface area is 86.7 Å². The summed E-state index contributed by atoms with van der Waals surface area (Å²) in [6.07, 6.45) is 1.78. The summed E-state index contributed by atoms with van der Waals surface area (Å²) in [5, 5.41) is 3.79. The van der Waals surface area contributed by atoms with E-state index in [9.17, 15) is 0 Å². The highest BCUT2D eigenvalue weighted by molar-refractivity contribution is 7.05. The van der Waals surface area contributed by atoms with E-state index < -0.39 is 0 Å². The number of nitrogens with one attached hydrogen (secondary N) is 1. The Bertz CT molecular complexity index is 385. The Kier molecular flexibility index (Phi) is 2.49. The quantitative estimate of drug-likeness (QED) is 0.834. The van der Waals surface area contributed by atoms with Crippen LogP contribution in [-0.2, 0) is 6.54 Å². The number of nitrogens with zero attached hydrogens (tertiary/aromatic N) is 3. The third-order valence-electron chi connectivity index (χ3n) is 2.09. The summed E-state index contributed by atoms with van der Waals surface area (Å²) in [6.45, 7) is 4.92.